The lowest BCUT2D eigenvalue weighted by molar-refractivity contribution is 0.144. The minimum Gasteiger partial charge on any atom is -0.482 e. The molecule has 0 aliphatic carbocycles. The van der Waals surface area contributed by atoms with E-state index in [4.69, 9.17) is 11.6 Å². The van der Waals surface area contributed by atoms with Crippen LogP contribution in [0.15, 0.2) is 11.0 Å². The molecule has 0 aliphatic heterocycles. The van der Waals surface area contributed by atoms with Gasteiger partial charge < -0.3 is 9.72 Å². The van der Waals surface area contributed by atoms with Crippen LogP contribution in [0.5, 0.6) is 5.88 Å². The summed E-state index contributed by atoms with van der Waals surface area (Å²) in [5.41, 5.74) is -1.65. The zero-order chi connectivity index (χ0) is 10.0. The van der Waals surface area contributed by atoms with E-state index < -0.39 is 17.4 Å². The van der Waals surface area contributed by atoms with Crippen LogP contribution in [-0.2, 0) is 0 Å². The Bertz CT molecular complexity index is 364. The lowest BCUT2D eigenvalue weighted by Crippen LogP contribution is -2.12. The lowest BCUT2D eigenvalue weighted by Gasteiger charge is -2.06. The maximum atomic E-state index is 12.3. The molecule has 0 saturated carbocycles. The fraction of sp³-hybridized carbons (Fsp3) is 0.286. The summed E-state index contributed by atoms with van der Waals surface area (Å²) in [5.74, 6) is -0.260. The van der Waals surface area contributed by atoms with Crippen LogP contribution in [-0.4, -0.2) is 12.1 Å². The second kappa shape index (κ2) is 3.74. The predicted molar refractivity (Wildman–Crippen MR) is 43.6 cm³/mol. The number of aromatic amines is 1. The third kappa shape index (κ3) is 1.80. The van der Waals surface area contributed by atoms with Gasteiger partial charge in [-0.15, -0.1) is 0 Å². The number of halogens is 3. The quantitative estimate of drug-likeness (QED) is 0.809. The zero-order valence-corrected chi connectivity index (χ0v) is 7.36. The molecule has 3 nitrogen and oxygen atoms in total. The third-order valence-corrected chi connectivity index (χ3v) is 1.74. The van der Waals surface area contributed by atoms with Gasteiger partial charge in [-0.05, 0) is 0 Å². The molecule has 0 amide bonds. The molecule has 13 heavy (non-hydrogen) atoms. The number of hydrogen-bond acceptors (Lipinski definition) is 2. The average Bonchev–Trinajstić information content (AvgIpc) is 2.08. The Hall–Kier alpha value is -1.10. The number of nitrogens with one attached hydrogen (secondary N) is 1. The largest absolute Gasteiger partial charge is 0.482 e. The van der Waals surface area contributed by atoms with Crippen LogP contribution in [0.25, 0.3) is 0 Å². The van der Waals surface area contributed by atoms with Crippen molar-refractivity contribution in [3.63, 3.8) is 0 Å². The Balaban J connectivity index is 3.42. The number of H-pyrrole nitrogens is 1. The maximum Gasteiger partial charge on any atom is 0.272 e. The Morgan fingerprint density at radius 2 is 2.23 bits per heavy atom. The number of ether oxygens (including phenoxy) is 1. The summed E-state index contributed by atoms with van der Waals surface area (Å²) in [6.07, 6.45) is -1.80. The first kappa shape index (κ1) is 9.98. The first-order valence-corrected chi connectivity index (χ1v) is 3.69. The second-order valence-electron chi connectivity index (χ2n) is 2.21. The summed E-state index contributed by atoms with van der Waals surface area (Å²) in [4.78, 5) is 13.4. The summed E-state index contributed by atoms with van der Waals surface area (Å²) in [6, 6.07) is 0. The van der Waals surface area contributed by atoms with Crippen molar-refractivity contribution in [3.05, 3.63) is 27.0 Å². The Morgan fingerprint density at radius 3 is 2.69 bits per heavy atom. The topological polar surface area (TPSA) is 42.1 Å². The zero-order valence-electron chi connectivity index (χ0n) is 6.61. The van der Waals surface area contributed by atoms with E-state index in [-0.39, 0.29) is 10.9 Å². The smallest absolute Gasteiger partial charge is 0.272 e. The van der Waals surface area contributed by atoms with E-state index in [9.17, 15) is 13.6 Å². The van der Waals surface area contributed by atoms with E-state index >= 15 is 0 Å². The molecule has 1 rings (SSSR count). The SMILES string of the molecule is COc1[nH]cc(Cl)c(=O)c1C(F)F. The minimum absolute atomic E-state index is 0.260. The van der Waals surface area contributed by atoms with Crippen LogP contribution in [0, 0.1) is 0 Å². The van der Waals surface area contributed by atoms with Crippen LogP contribution in [0.3, 0.4) is 0 Å². The lowest BCUT2D eigenvalue weighted by atomic mass is 10.2. The van der Waals surface area contributed by atoms with Crippen LogP contribution in [0.2, 0.25) is 5.02 Å². The van der Waals surface area contributed by atoms with Crippen molar-refractivity contribution in [2.75, 3.05) is 7.11 Å². The van der Waals surface area contributed by atoms with Crippen molar-refractivity contribution in [1.29, 1.82) is 0 Å². The van der Waals surface area contributed by atoms with E-state index in [1.165, 1.54) is 7.11 Å². The summed E-state index contributed by atoms with van der Waals surface area (Å²) < 4.78 is 29.1. The highest BCUT2D eigenvalue weighted by Gasteiger charge is 2.20. The van der Waals surface area contributed by atoms with Gasteiger partial charge in [-0.25, -0.2) is 8.78 Å². The van der Waals surface area contributed by atoms with Gasteiger partial charge in [0.2, 0.25) is 11.3 Å². The number of methoxy groups -OCH3 is 1. The molecule has 0 atom stereocenters. The monoisotopic (exact) mass is 209 g/mol. The fourth-order valence-electron chi connectivity index (χ4n) is 0.871. The van der Waals surface area contributed by atoms with Crippen LogP contribution < -0.4 is 10.2 Å². The van der Waals surface area contributed by atoms with E-state index in [0.29, 0.717) is 0 Å². The summed E-state index contributed by atoms with van der Waals surface area (Å²) >= 11 is 5.35. The standard InChI is InChI=1S/C7H6ClF2NO2/c1-13-7-4(6(9)10)5(12)3(8)2-11-7/h2,6H,1H3,(H,11,12). The highest BCUT2D eigenvalue weighted by molar-refractivity contribution is 6.30. The van der Waals surface area contributed by atoms with Gasteiger partial charge in [0.15, 0.2) is 0 Å². The molecule has 0 bridgehead atoms. The molecule has 1 aromatic rings. The molecule has 0 aliphatic rings. The van der Waals surface area contributed by atoms with Crippen LogP contribution in [0.1, 0.15) is 12.0 Å². The molecule has 0 aromatic carbocycles. The van der Waals surface area contributed by atoms with Gasteiger partial charge in [-0.2, -0.15) is 0 Å². The summed E-state index contributed by atoms with van der Waals surface area (Å²) in [5, 5.41) is -0.281. The van der Waals surface area contributed by atoms with Gasteiger partial charge in [0, 0.05) is 6.20 Å². The predicted octanol–water partition coefficient (Wildman–Crippen LogP) is 1.97. The maximum absolute atomic E-state index is 12.3. The van der Waals surface area contributed by atoms with Crippen molar-refractivity contribution < 1.29 is 13.5 Å². The first-order valence-electron chi connectivity index (χ1n) is 3.31. The van der Waals surface area contributed by atoms with Gasteiger partial charge in [0.25, 0.3) is 6.43 Å². The molecule has 0 spiro atoms. The Labute approximate surface area is 77.3 Å². The van der Waals surface area contributed by atoms with E-state index in [2.05, 4.69) is 9.72 Å². The molecule has 0 fully saturated rings. The third-order valence-electron chi connectivity index (χ3n) is 1.46. The number of hydrogen-bond donors (Lipinski definition) is 1. The highest BCUT2D eigenvalue weighted by atomic mass is 35.5. The molecule has 1 aromatic heterocycles. The van der Waals surface area contributed by atoms with Gasteiger partial charge in [-0.1, -0.05) is 11.6 Å². The number of rotatable bonds is 2. The Kier molecular flexibility index (Phi) is 2.87. The molecular formula is C7H6ClF2NO2. The molecular weight excluding hydrogens is 204 g/mol. The minimum atomic E-state index is -2.91. The van der Waals surface area contributed by atoms with E-state index in [0.717, 1.165) is 6.20 Å². The molecule has 1 N–H and O–H groups in total. The van der Waals surface area contributed by atoms with Crippen molar-refractivity contribution in [3.8, 4) is 5.88 Å². The number of aromatic nitrogens is 1. The molecule has 1 heterocycles. The van der Waals surface area contributed by atoms with E-state index in [1.54, 1.807) is 0 Å². The summed E-state index contributed by atoms with van der Waals surface area (Å²) in [7, 11) is 1.19. The number of alkyl halides is 2. The van der Waals surface area contributed by atoms with Crippen molar-refractivity contribution in [1.82, 2.24) is 4.98 Å². The molecule has 0 radical (unpaired) electrons. The van der Waals surface area contributed by atoms with Crippen molar-refractivity contribution in [2.24, 2.45) is 0 Å². The van der Waals surface area contributed by atoms with Gasteiger partial charge >= 0.3 is 0 Å². The van der Waals surface area contributed by atoms with Gasteiger partial charge in [-0.3, -0.25) is 4.79 Å². The van der Waals surface area contributed by atoms with Crippen molar-refractivity contribution in [2.45, 2.75) is 6.43 Å². The van der Waals surface area contributed by atoms with E-state index in [1.807, 2.05) is 0 Å². The van der Waals surface area contributed by atoms with Crippen LogP contribution in [0.4, 0.5) is 8.78 Å². The number of pyridine rings is 1. The summed E-state index contributed by atoms with van der Waals surface area (Å²) in [6.45, 7) is 0. The van der Waals surface area contributed by atoms with Crippen molar-refractivity contribution >= 4 is 11.6 Å². The fourth-order valence-corrected chi connectivity index (χ4v) is 1.03. The average molecular weight is 210 g/mol. The Morgan fingerprint density at radius 1 is 1.62 bits per heavy atom. The molecule has 6 heteroatoms. The molecule has 0 unspecified atom stereocenters. The second-order valence-corrected chi connectivity index (χ2v) is 2.62. The van der Waals surface area contributed by atoms with Gasteiger partial charge in [0.05, 0.1) is 7.11 Å². The highest BCUT2D eigenvalue weighted by Crippen LogP contribution is 2.24. The molecule has 72 valence electrons. The molecule has 0 saturated heterocycles. The van der Waals surface area contributed by atoms with Crippen LogP contribution >= 0.6 is 11.6 Å². The first-order chi connectivity index (χ1) is 6.07. The van der Waals surface area contributed by atoms with Gasteiger partial charge in [0.1, 0.15) is 10.6 Å². The normalized spacial score (nSPS) is 10.5.